The molecule has 7 nitrogen and oxygen atoms in total. The highest BCUT2D eigenvalue weighted by molar-refractivity contribution is 7.17. The molecule has 2 aromatic heterocycles. The number of fused-ring (bicyclic) bond motifs is 1. The second-order valence-electron chi connectivity index (χ2n) is 7.16. The summed E-state index contributed by atoms with van der Waals surface area (Å²) in [5.41, 5.74) is 1.81. The molecule has 1 amide bonds. The second-order valence-corrected chi connectivity index (χ2v) is 8.04. The summed E-state index contributed by atoms with van der Waals surface area (Å²) < 4.78 is 26.7. The van der Waals surface area contributed by atoms with E-state index in [4.69, 9.17) is 9.47 Å². The molecule has 0 aliphatic rings. The van der Waals surface area contributed by atoms with Crippen LogP contribution < -0.4 is 14.8 Å². The first-order valence-corrected chi connectivity index (χ1v) is 10.7. The van der Waals surface area contributed by atoms with Crippen LogP contribution in [0, 0.1) is 5.82 Å². The summed E-state index contributed by atoms with van der Waals surface area (Å²) in [6, 6.07) is 9.76. The number of methoxy groups -OCH3 is 2. The maximum Gasteiger partial charge on any atom is 0.251 e. The Morgan fingerprint density at radius 2 is 2.03 bits per heavy atom. The van der Waals surface area contributed by atoms with Gasteiger partial charge in [-0.3, -0.25) is 4.79 Å². The van der Waals surface area contributed by atoms with Gasteiger partial charge in [0.2, 0.25) is 0 Å². The molecule has 1 unspecified atom stereocenters. The first-order valence-electron chi connectivity index (χ1n) is 9.80. The van der Waals surface area contributed by atoms with E-state index >= 15 is 0 Å². The van der Waals surface area contributed by atoms with Crippen molar-refractivity contribution in [2.75, 3.05) is 20.8 Å². The molecule has 4 rings (SSSR count). The third-order valence-electron chi connectivity index (χ3n) is 5.14. The molecule has 2 N–H and O–H groups in total. The highest BCUT2D eigenvalue weighted by atomic mass is 32.1. The van der Waals surface area contributed by atoms with Crippen LogP contribution in [0.15, 0.2) is 48.0 Å². The number of imidazole rings is 1. The molecular formula is C23H22FN3O4S. The van der Waals surface area contributed by atoms with E-state index < -0.39 is 6.10 Å². The average molecular weight is 456 g/mol. The molecule has 166 valence electrons. The molecule has 0 saturated heterocycles. The van der Waals surface area contributed by atoms with Crippen LogP contribution in [0.3, 0.4) is 0 Å². The highest BCUT2D eigenvalue weighted by Gasteiger charge is 2.19. The number of nitrogens with one attached hydrogen (secondary N) is 1. The third kappa shape index (κ3) is 4.04. The smallest absolute Gasteiger partial charge is 0.251 e. The van der Waals surface area contributed by atoms with E-state index in [1.165, 1.54) is 31.6 Å². The molecule has 0 fully saturated rings. The zero-order valence-corrected chi connectivity index (χ0v) is 18.6. The van der Waals surface area contributed by atoms with Gasteiger partial charge in [0.25, 0.3) is 5.91 Å². The number of rotatable bonds is 7. The van der Waals surface area contributed by atoms with Crippen LogP contribution in [-0.4, -0.2) is 41.3 Å². The maximum absolute atomic E-state index is 14.0. The number of benzene rings is 2. The zero-order chi connectivity index (χ0) is 22.8. The molecule has 4 aromatic rings. The van der Waals surface area contributed by atoms with Gasteiger partial charge in [0, 0.05) is 35.1 Å². The number of nitrogens with zero attached hydrogens (tertiary/aromatic N) is 2. The van der Waals surface area contributed by atoms with Gasteiger partial charge in [0.05, 0.1) is 31.2 Å². The Hall–Kier alpha value is -3.43. The monoisotopic (exact) mass is 455 g/mol. The topological polar surface area (TPSA) is 85.6 Å². The quantitative estimate of drug-likeness (QED) is 0.441. The van der Waals surface area contributed by atoms with Crippen molar-refractivity contribution in [2.24, 2.45) is 7.05 Å². The fraction of sp³-hybridized carbons (Fsp3) is 0.217. The standard InChI is InChI=1S/C23H22FN3O4S/c1-27-11-17(15-12-32-21-14(15)5-4-6-16(21)24)26-22(27)18(28)10-25-23(29)13-7-8-19(30-2)20(9-13)31-3/h4-9,11-12,18,28H,10H2,1-3H3,(H,25,29). The number of halogens is 1. The van der Waals surface area contributed by atoms with E-state index in [9.17, 15) is 14.3 Å². The minimum atomic E-state index is -1.03. The molecule has 0 bridgehead atoms. The molecule has 0 aliphatic carbocycles. The van der Waals surface area contributed by atoms with E-state index in [0.29, 0.717) is 33.3 Å². The molecular weight excluding hydrogens is 433 g/mol. The number of ether oxygens (including phenoxy) is 2. The number of aliphatic hydroxyl groups excluding tert-OH is 1. The van der Waals surface area contributed by atoms with Gasteiger partial charge in [-0.05, 0) is 24.3 Å². The average Bonchev–Trinajstić information content (AvgIpc) is 3.41. The van der Waals surface area contributed by atoms with Crippen molar-refractivity contribution in [3.8, 4) is 22.8 Å². The lowest BCUT2D eigenvalue weighted by atomic mass is 10.1. The number of aromatic nitrogens is 2. The van der Waals surface area contributed by atoms with Crippen LogP contribution in [-0.2, 0) is 7.05 Å². The van der Waals surface area contributed by atoms with E-state index in [2.05, 4.69) is 10.3 Å². The zero-order valence-electron chi connectivity index (χ0n) is 17.8. The molecule has 0 spiro atoms. The fourth-order valence-electron chi connectivity index (χ4n) is 3.50. The molecule has 0 radical (unpaired) electrons. The van der Waals surface area contributed by atoms with Crippen LogP contribution in [0.5, 0.6) is 11.5 Å². The highest BCUT2D eigenvalue weighted by Crippen LogP contribution is 2.35. The number of aliphatic hydroxyl groups is 1. The molecule has 1 atom stereocenters. The molecule has 2 aromatic carbocycles. The second kappa shape index (κ2) is 8.97. The van der Waals surface area contributed by atoms with Crippen LogP contribution in [0.1, 0.15) is 22.3 Å². The SMILES string of the molecule is COc1ccc(C(=O)NCC(O)c2nc(-c3csc4c(F)cccc34)cn2C)cc1OC. The number of aryl methyl sites for hydroxylation is 1. The van der Waals surface area contributed by atoms with Gasteiger partial charge in [-0.25, -0.2) is 9.37 Å². The third-order valence-corrected chi connectivity index (χ3v) is 6.14. The minimum Gasteiger partial charge on any atom is -0.493 e. The summed E-state index contributed by atoms with van der Waals surface area (Å²) in [6.07, 6.45) is 0.751. The van der Waals surface area contributed by atoms with Crippen molar-refractivity contribution in [3.05, 3.63) is 65.2 Å². The lowest BCUT2D eigenvalue weighted by molar-refractivity contribution is 0.0909. The largest absolute Gasteiger partial charge is 0.493 e. The number of hydrogen-bond donors (Lipinski definition) is 2. The molecule has 32 heavy (non-hydrogen) atoms. The van der Waals surface area contributed by atoms with Gasteiger partial charge in [-0.1, -0.05) is 12.1 Å². The van der Waals surface area contributed by atoms with E-state index in [0.717, 1.165) is 10.9 Å². The van der Waals surface area contributed by atoms with Gasteiger partial charge in [0.15, 0.2) is 11.5 Å². The summed E-state index contributed by atoms with van der Waals surface area (Å²) in [4.78, 5) is 17.1. The van der Waals surface area contributed by atoms with Crippen LogP contribution in [0.25, 0.3) is 21.3 Å². The van der Waals surface area contributed by atoms with Crippen molar-refractivity contribution >= 4 is 27.3 Å². The molecule has 2 heterocycles. The minimum absolute atomic E-state index is 0.0313. The first kappa shape index (κ1) is 21.8. The van der Waals surface area contributed by atoms with Crippen LogP contribution in [0.4, 0.5) is 4.39 Å². The van der Waals surface area contributed by atoms with Gasteiger partial charge < -0.3 is 24.5 Å². The Morgan fingerprint density at radius 1 is 1.25 bits per heavy atom. The Kier molecular flexibility index (Phi) is 6.11. The predicted molar refractivity (Wildman–Crippen MR) is 121 cm³/mol. The summed E-state index contributed by atoms with van der Waals surface area (Å²) in [7, 11) is 4.78. The Balaban J connectivity index is 1.50. The van der Waals surface area contributed by atoms with Crippen molar-refractivity contribution in [1.82, 2.24) is 14.9 Å². The number of carbonyl (C=O) groups is 1. The lowest BCUT2D eigenvalue weighted by Crippen LogP contribution is -2.29. The van der Waals surface area contributed by atoms with Crippen molar-refractivity contribution < 1.29 is 23.8 Å². The Morgan fingerprint density at radius 3 is 2.78 bits per heavy atom. The van der Waals surface area contributed by atoms with E-state index in [1.807, 2.05) is 11.4 Å². The molecule has 0 aliphatic heterocycles. The Labute approximate surface area is 188 Å². The van der Waals surface area contributed by atoms with Crippen molar-refractivity contribution in [3.63, 3.8) is 0 Å². The molecule has 0 saturated carbocycles. The van der Waals surface area contributed by atoms with Gasteiger partial charge in [-0.2, -0.15) is 0 Å². The molecule has 9 heteroatoms. The van der Waals surface area contributed by atoms with Gasteiger partial charge in [0.1, 0.15) is 17.7 Å². The van der Waals surface area contributed by atoms with Crippen molar-refractivity contribution in [2.45, 2.75) is 6.10 Å². The van der Waals surface area contributed by atoms with Crippen LogP contribution in [0.2, 0.25) is 0 Å². The first-order chi connectivity index (χ1) is 15.4. The normalized spacial score (nSPS) is 12.0. The van der Waals surface area contributed by atoms with Crippen LogP contribution >= 0.6 is 11.3 Å². The number of amides is 1. The van der Waals surface area contributed by atoms with E-state index in [-0.39, 0.29) is 18.3 Å². The fourth-order valence-corrected chi connectivity index (χ4v) is 4.47. The summed E-state index contributed by atoms with van der Waals surface area (Å²) >= 11 is 1.31. The van der Waals surface area contributed by atoms with Gasteiger partial charge in [-0.15, -0.1) is 11.3 Å². The summed E-state index contributed by atoms with van der Waals surface area (Å²) in [5, 5.41) is 16.0. The van der Waals surface area contributed by atoms with Gasteiger partial charge >= 0.3 is 0 Å². The summed E-state index contributed by atoms with van der Waals surface area (Å²) in [5.74, 6) is 0.717. The lowest BCUT2D eigenvalue weighted by Gasteiger charge is -2.13. The number of carbonyl (C=O) groups excluding carboxylic acids is 1. The Bertz CT molecular complexity index is 1280. The predicted octanol–water partition coefficient (Wildman–Crippen LogP) is 3.92. The number of hydrogen-bond acceptors (Lipinski definition) is 6. The van der Waals surface area contributed by atoms with E-state index in [1.54, 1.807) is 42.1 Å². The maximum atomic E-state index is 14.0. The van der Waals surface area contributed by atoms with Crippen molar-refractivity contribution in [1.29, 1.82) is 0 Å². The number of thiophene rings is 1. The summed E-state index contributed by atoms with van der Waals surface area (Å²) in [6.45, 7) is -0.0313.